The standard InChI is InChI=1S/C20H27N3OS.HI/c1-15(17-10-11-25-14-17)12-22-20(21-2)23-13-16-6-3-4-9-19(16)24-18-7-5-8-18;/h3-4,6,9-11,14-15,18H,5,7-8,12-13H2,1-2H3,(H2,21,22,23);1H. The number of aliphatic imine (C=N–C) groups is 1. The third-order valence-corrected chi connectivity index (χ3v) is 5.38. The van der Waals surface area contributed by atoms with Gasteiger partial charge in [0, 0.05) is 25.7 Å². The molecule has 1 heterocycles. The predicted molar refractivity (Wildman–Crippen MR) is 121 cm³/mol. The van der Waals surface area contributed by atoms with Gasteiger partial charge in [-0.2, -0.15) is 11.3 Å². The van der Waals surface area contributed by atoms with Gasteiger partial charge in [0.25, 0.3) is 0 Å². The Balaban J connectivity index is 0.00000243. The van der Waals surface area contributed by atoms with Crippen LogP contribution in [0.25, 0.3) is 0 Å². The van der Waals surface area contributed by atoms with Gasteiger partial charge in [-0.1, -0.05) is 25.1 Å². The first-order valence-electron chi connectivity index (χ1n) is 8.97. The van der Waals surface area contributed by atoms with Crippen LogP contribution in [0.4, 0.5) is 0 Å². The molecule has 2 aromatic rings. The number of benzene rings is 1. The van der Waals surface area contributed by atoms with Crippen molar-refractivity contribution in [3.8, 4) is 5.75 Å². The Labute approximate surface area is 177 Å². The maximum Gasteiger partial charge on any atom is 0.191 e. The molecule has 0 bridgehead atoms. The molecule has 0 amide bonds. The Kier molecular flexibility index (Phi) is 8.71. The van der Waals surface area contributed by atoms with E-state index in [1.54, 1.807) is 18.4 Å². The first-order chi connectivity index (χ1) is 12.3. The second kappa shape index (κ2) is 10.8. The summed E-state index contributed by atoms with van der Waals surface area (Å²) >= 11 is 1.74. The minimum atomic E-state index is 0. The van der Waals surface area contributed by atoms with Gasteiger partial charge in [0.1, 0.15) is 5.75 Å². The van der Waals surface area contributed by atoms with E-state index < -0.39 is 0 Å². The van der Waals surface area contributed by atoms with Gasteiger partial charge in [0.15, 0.2) is 5.96 Å². The van der Waals surface area contributed by atoms with Gasteiger partial charge < -0.3 is 15.4 Å². The van der Waals surface area contributed by atoms with Crippen LogP contribution in [0.5, 0.6) is 5.75 Å². The number of nitrogens with zero attached hydrogens (tertiary/aromatic N) is 1. The van der Waals surface area contributed by atoms with E-state index in [0.717, 1.165) is 18.3 Å². The van der Waals surface area contributed by atoms with E-state index in [9.17, 15) is 0 Å². The molecule has 2 N–H and O–H groups in total. The van der Waals surface area contributed by atoms with Crippen molar-refractivity contribution in [2.45, 2.75) is 44.8 Å². The highest BCUT2D eigenvalue weighted by Crippen LogP contribution is 2.27. The zero-order chi connectivity index (χ0) is 17.5. The molecule has 26 heavy (non-hydrogen) atoms. The molecular weight excluding hydrogens is 457 g/mol. The Morgan fingerprint density at radius 2 is 2.08 bits per heavy atom. The van der Waals surface area contributed by atoms with Gasteiger partial charge in [-0.15, -0.1) is 24.0 Å². The third kappa shape index (κ3) is 5.87. The monoisotopic (exact) mass is 485 g/mol. The first-order valence-corrected chi connectivity index (χ1v) is 9.91. The van der Waals surface area contributed by atoms with E-state index in [-0.39, 0.29) is 24.0 Å². The molecular formula is C20H28IN3OS. The van der Waals surface area contributed by atoms with Crippen molar-refractivity contribution in [1.29, 1.82) is 0 Å². The zero-order valence-corrected chi connectivity index (χ0v) is 18.6. The van der Waals surface area contributed by atoms with Crippen LogP contribution in [0, 0.1) is 0 Å². The highest BCUT2D eigenvalue weighted by molar-refractivity contribution is 14.0. The van der Waals surface area contributed by atoms with E-state index in [2.05, 4.69) is 57.6 Å². The molecule has 6 heteroatoms. The van der Waals surface area contributed by atoms with Crippen LogP contribution >= 0.6 is 35.3 Å². The molecule has 1 saturated carbocycles. The van der Waals surface area contributed by atoms with E-state index in [1.165, 1.54) is 30.4 Å². The van der Waals surface area contributed by atoms with Gasteiger partial charge in [0.2, 0.25) is 0 Å². The van der Waals surface area contributed by atoms with Crippen molar-refractivity contribution in [1.82, 2.24) is 10.6 Å². The summed E-state index contributed by atoms with van der Waals surface area (Å²) in [5.41, 5.74) is 2.54. The molecule has 0 radical (unpaired) electrons. The smallest absolute Gasteiger partial charge is 0.191 e. The molecule has 0 spiro atoms. The fourth-order valence-electron chi connectivity index (χ4n) is 2.76. The minimum absolute atomic E-state index is 0. The normalized spacial score (nSPS) is 15.5. The van der Waals surface area contributed by atoms with Crippen molar-refractivity contribution in [3.05, 3.63) is 52.2 Å². The van der Waals surface area contributed by atoms with Crippen LogP contribution in [-0.4, -0.2) is 25.7 Å². The molecule has 1 unspecified atom stereocenters. The SMILES string of the molecule is CN=C(NCc1ccccc1OC1CCC1)NCC(C)c1ccsc1.I. The average molecular weight is 485 g/mol. The number of halogens is 1. The van der Waals surface area contributed by atoms with Crippen molar-refractivity contribution in [3.63, 3.8) is 0 Å². The van der Waals surface area contributed by atoms with Crippen LogP contribution in [0.15, 0.2) is 46.1 Å². The Bertz CT molecular complexity index is 686. The van der Waals surface area contributed by atoms with Gasteiger partial charge >= 0.3 is 0 Å². The number of hydrogen-bond donors (Lipinski definition) is 2. The molecule has 1 aromatic carbocycles. The molecule has 0 aliphatic heterocycles. The van der Waals surface area contributed by atoms with Crippen molar-refractivity contribution in [2.75, 3.05) is 13.6 Å². The lowest BCUT2D eigenvalue weighted by molar-refractivity contribution is 0.119. The summed E-state index contributed by atoms with van der Waals surface area (Å²) in [5.74, 6) is 2.27. The van der Waals surface area contributed by atoms with Crippen LogP contribution in [0.2, 0.25) is 0 Å². The highest BCUT2D eigenvalue weighted by Gasteiger charge is 2.20. The van der Waals surface area contributed by atoms with Crippen molar-refractivity contribution < 1.29 is 4.74 Å². The zero-order valence-electron chi connectivity index (χ0n) is 15.4. The molecule has 142 valence electrons. The van der Waals surface area contributed by atoms with Crippen LogP contribution in [0.3, 0.4) is 0 Å². The lowest BCUT2D eigenvalue weighted by Crippen LogP contribution is -2.38. The minimum Gasteiger partial charge on any atom is -0.490 e. The summed E-state index contributed by atoms with van der Waals surface area (Å²) in [6.07, 6.45) is 4.02. The quantitative estimate of drug-likeness (QED) is 0.338. The molecule has 3 rings (SSSR count). The molecule has 1 aliphatic rings. The summed E-state index contributed by atoms with van der Waals surface area (Å²) in [4.78, 5) is 4.33. The Hall–Kier alpha value is -1.28. The van der Waals surface area contributed by atoms with Crippen molar-refractivity contribution in [2.24, 2.45) is 4.99 Å². The molecule has 4 nitrogen and oxygen atoms in total. The van der Waals surface area contributed by atoms with Crippen LogP contribution in [0.1, 0.15) is 43.2 Å². The summed E-state index contributed by atoms with van der Waals surface area (Å²) in [5, 5.41) is 11.1. The van der Waals surface area contributed by atoms with Gasteiger partial charge in [-0.25, -0.2) is 0 Å². The average Bonchev–Trinajstić information content (AvgIpc) is 3.13. The number of thiophene rings is 1. The highest BCUT2D eigenvalue weighted by atomic mass is 127. The van der Waals surface area contributed by atoms with Crippen LogP contribution < -0.4 is 15.4 Å². The number of para-hydroxylation sites is 1. The Morgan fingerprint density at radius 3 is 2.73 bits per heavy atom. The number of ether oxygens (including phenoxy) is 1. The first kappa shape index (κ1) is 21.0. The maximum absolute atomic E-state index is 6.10. The van der Waals surface area contributed by atoms with Gasteiger partial charge in [0.05, 0.1) is 6.10 Å². The number of rotatable bonds is 7. The number of guanidine groups is 1. The summed E-state index contributed by atoms with van der Waals surface area (Å²) in [7, 11) is 1.81. The molecule has 1 aromatic heterocycles. The second-order valence-corrected chi connectivity index (χ2v) is 7.32. The van der Waals surface area contributed by atoms with Crippen LogP contribution in [-0.2, 0) is 6.54 Å². The van der Waals surface area contributed by atoms with E-state index in [4.69, 9.17) is 4.74 Å². The summed E-state index contributed by atoms with van der Waals surface area (Å²) in [6, 6.07) is 10.4. The topological polar surface area (TPSA) is 45.7 Å². The predicted octanol–water partition coefficient (Wildman–Crippen LogP) is 4.77. The maximum atomic E-state index is 6.10. The molecule has 1 atom stereocenters. The third-order valence-electron chi connectivity index (χ3n) is 4.68. The molecule has 1 fully saturated rings. The summed E-state index contributed by atoms with van der Waals surface area (Å²) < 4.78 is 6.10. The van der Waals surface area contributed by atoms with E-state index in [1.807, 2.05) is 6.07 Å². The van der Waals surface area contributed by atoms with Gasteiger partial charge in [-0.3, -0.25) is 4.99 Å². The second-order valence-electron chi connectivity index (χ2n) is 6.54. The fraction of sp³-hybridized carbons (Fsp3) is 0.450. The van der Waals surface area contributed by atoms with E-state index >= 15 is 0 Å². The summed E-state index contributed by atoms with van der Waals surface area (Å²) in [6.45, 7) is 3.79. The number of nitrogens with one attached hydrogen (secondary N) is 2. The van der Waals surface area contributed by atoms with Crippen molar-refractivity contribution >= 4 is 41.3 Å². The lowest BCUT2D eigenvalue weighted by Gasteiger charge is -2.27. The lowest BCUT2D eigenvalue weighted by atomic mass is 9.96. The Morgan fingerprint density at radius 1 is 1.27 bits per heavy atom. The molecule has 0 saturated heterocycles. The van der Waals surface area contributed by atoms with Gasteiger partial charge in [-0.05, 0) is 53.6 Å². The molecule has 1 aliphatic carbocycles. The largest absolute Gasteiger partial charge is 0.490 e. The van der Waals surface area contributed by atoms with E-state index in [0.29, 0.717) is 18.6 Å². The number of hydrogen-bond acceptors (Lipinski definition) is 3. The fourth-order valence-corrected chi connectivity index (χ4v) is 3.54.